The van der Waals surface area contributed by atoms with Crippen LogP contribution in [-0.4, -0.2) is 19.0 Å². The molecule has 0 aromatic carbocycles. The summed E-state index contributed by atoms with van der Waals surface area (Å²) in [4.78, 5) is 13.4. The SMILES string of the molecule is N/C=C(/Br)C=NCC=O. The maximum atomic E-state index is 9.69. The summed E-state index contributed by atoms with van der Waals surface area (Å²) in [5, 5.41) is 0. The zero-order valence-corrected chi connectivity index (χ0v) is 6.34. The lowest BCUT2D eigenvalue weighted by atomic mass is 10.6. The van der Waals surface area contributed by atoms with Crippen molar-refractivity contribution >= 4 is 28.4 Å². The predicted molar refractivity (Wildman–Crippen MR) is 40.6 cm³/mol. The zero-order chi connectivity index (χ0) is 7.11. The Kier molecular flexibility index (Phi) is 5.11. The summed E-state index contributed by atoms with van der Waals surface area (Å²) in [5.41, 5.74) is 5.07. The molecule has 0 fully saturated rings. The van der Waals surface area contributed by atoms with E-state index in [-0.39, 0.29) is 6.54 Å². The van der Waals surface area contributed by atoms with Crippen molar-refractivity contribution in [2.75, 3.05) is 6.54 Å². The Morgan fingerprint density at radius 1 is 1.78 bits per heavy atom. The molecule has 9 heavy (non-hydrogen) atoms. The van der Waals surface area contributed by atoms with Crippen LogP contribution in [0.25, 0.3) is 0 Å². The first-order valence-electron chi connectivity index (χ1n) is 2.32. The van der Waals surface area contributed by atoms with Crippen molar-refractivity contribution in [1.29, 1.82) is 0 Å². The van der Waals surface area contributed by atoms with E-state index >= 15 is 0 Å². The van der Waals surface area contributed by atoms with Gasteiger partial charge in [0.15, 0.2) is 0 Å². The molecule has 0 bridgehead atoms. The molecule has 0 spiro atoms. The molecule has 4 heteroatoms. The lowest BCUT2D eigenvalue weighted by molar-refractivity contribution is -0.106. The van der Waals surface area contributed by atoms with Gasteiger partial charge in [-0.2, -0.15) is 0 Å². The highest BCUT2D eigenvalue weighted by molar-refractivity contribution is 9.12. The number of aliphatic imine (C=N–C) groups is 1. The molecule has 0 amide bonds. The number of halogens is 1. The van der Waals surface area contributed by atoms with Gasteiger partial charge in [0.2, 0.25) is 0 Å². The summed E-state index contributed by atoms with van der Waals surface area (Å²) in [6.07, 6.45) is 3.55. The molecule has 0 unspecified atom stereocenters. The van der Waals surface area contributed by atoms with Crippen molar-refractivity contribution in [3.05, 3.63) is 10.7 Å². The van der Waals surface area contributed by atoms with Crippen LogP contribution in [0, 0.1) is 0 Å². The second-order valence-corrected chi connectivity index (χ2v) is 2.13. The van der Waals surface area contributed by atoms with Gasteiger partial charge in [-0.3, -0.25) is 4.99 Å². The third-order valence-corrected chi connectivity index (χ3v) is 1.02. The number of nitrogens with two attached hydrogens (primary N) is 1. The van der Waals surface area contributed by atoms with E-state index in [2.05, 4.69) is 20.9 Å². The lowest BCUT2D eigenvalue weighted by Gasteiger charge is -1.81. The molecule has 0 aliphatic carbocycles. The Balaban J connectivity index is 3.56. The number of nitrogens with zero attached hydrogens (tertiary/aromatic N) is 1. The van der Waals surface area contributed by atoms with Crippen LogP contribution in [0.5, 0.6) is 0 Å². The highest BCUT2D eigenvalue weighted by atomic mass is 79.9. The molecule has 0 aromatic heterocycles. The van der Waals surface area contributed by atoms with Crippen LogP contribution in [-0.2, 0) is 4.79 Å². The molecule has 0 radical (unpaired) electrons. The van der Waals surface area contributed by atoms with Crippen LogP contribution >= 0.6 is 15.9 Å². The summed E-state index contributed by atoms with van der Waals surface area (Å²) in [7, 11) is 0. The molecule has 0 aromatic rings. The van der Waals surface area contributed by atoms with Crippen molar-refractivity contribution < 1.29 is 4.79 Å². The second kappa shape index (κ2) is 5.50. The normalized spacial score (nSPS) is 12.3. The first-order chi connectivity index (χ1) is 4.31. The number of rotatable bonds is 3. The zero-order valence-electron chi connectivity index (χ0n) is 4.75. The topological polar surface area (TPSA) is 55.4 Å². The standard InChI is InChI=1S/C5H7BrN2O/c6-5(3-7)4-8-1-2-9/h2-4H,1,7H2/b5-3+,8-4?. The van der Waals surface area contributed by atoms with Crippen molar-refractivity contribution in [3.63, 3.8) is 0 Å². The smallest absolute Gasteiger partial charge is 0.141 e. The van der Waals surface area contributed by atoms with Crippen molar-refractivity contribution in [2.45, 2.75) is 0 Å². The molecule has 0 aliphatic heterocycles. The third kappa shape index (κ3) is 5.23. The first-order valence-corrected chi connectivity index (χ1v) is 3.11. The average Bonchev–Trinajstić information content (AvgIpc) is 1.89. The number of carbonyl (C=O) groups is 1. The van der Waals surface area contributed by atoms with E-state index in [0.29, 0.717) is 10.8 Å². The Labute approximate surface area is 61.8 Å². The lowest BCUT2D eigenvalue weighted by Crippen LogP contribution is -1.85. The number of aldehydes is 1. The van der Waals surface area contributed by atoms with Crippen LogP contribution in [0.4, 0.5) is 0 Å². The van der Waals surface area contributed by atoms with E-state index in [1.165, 1.54) is 12.4 Å². The van der Waals surface area contributed by atoms with Gasteiger partial charge in [-0.1, -0.05) is 0 Å². The summed E-state index contributed by atoms with van der Waals surface area (Å²) in [6, 6.07) is 0. The number of carbonyl (C=O) groups excluding carboxylic acids is 1. The molecule has 0 aliphatic rings. The minimum Gasteiger partial charge on any atom is -0.404 e. The minimum atomic E-state index is 0.183. The van der Waals surface area contributed by atoms with Gasteiger partial charge in [0.25, 0.3) is 0 Å². The number of hydrogen-bond donors (Lipinski definition) is 1. The van der Waals surface area contributed by atoms with Crippen molar-refractivity contribution in [2.24, 2.45) is 10.7 Å². The molecule has 50 valence electrons. The highest BCUT2D eigenvalue weighted by Crippen LogP contribution is 1.96. The fourth-order valence-electron chi connectivity index (χ4n) is 0.226. The minimum absolute atomic E-state index is 0.183. The van der Waals surface area contributed by atoms with Crippen molar-refractivity contribution in [1.82, 2.24) is 0 Å². The average molecular weight is 191 g/mol. The largest absolute Gasteiger partial charge is 0.404 e. The summed E-state index contributed by atoms with van der Waals surface area (Å²) < 4.78 is 0.671. The molecule has 0 heterocycles. The Hall–Kier alpha value is -0.640. The molecule has 0 saturated heterocycles. The number of allylic oxidation sites excluding steroid dienone is 1. The molecular formula is C5H7BrN2O. The number of hydrogen-bond acceptors (Lipinski definition) is 3. The van der Waals surface area contributed by atoms with Crippen LogP contribution in [0.3, 0.4) is 0 Å². The molecular weight excluding hydrogens is 184 g/mol. The van der Waals surface area contributed by atoms with Gasteiger partial charge in [0.1, 0.15) is 6.29 Å². The van der Waals surface area contributed by atoms with E-state index in [1.54, 1.807) is 0 Å². The van der Waals surface area contributed by atoms with Crippen molar-refractivity contribution in [3.8, 4) is 0 Å². The van der Waals surface area contributed by atoms with Gasteiger partial charge >= 0.3 is 0 Å². The van der Waals surface area contributed by atoms with Gasteiger partial charge in [-0.15, -0.1) is 0 Å². The molecule has 3 nitrogen and oxygen atoms in total. The Morgan fingerprint density at radius 2 is 2.44 bits per heavy atom. The Bertz CT molecular complexity index is 142. The van der Waals surface area contributed by atoms with Crippen LogP contribution in [0.15, 0.2) is 15.7 Å². The van der Waals surface area contributed by atoms with Gasteiger partial charge in [-0.05, 0) is 15.9 Å². The predicted octanol–water partition coefficient (Wildman–Crippen LogP) is 0.451. The van der Waals surface area contributed by atoms with E-state index < -0.39 is 0 Å². The van der Waals surface area contributed by atoms with Gasteiger partial charge < -0.3 is 10.5 Å². The van der Waals surface area contributed by atoms with E-state index in [4.69, 9.17) is 5.73 Å². The quantitative estimate of drug-likeness (QED) is 0.520. The van der Waals surface area contributed by atoms with E-state index in [9.17, 15) is 4.79 Å². The fraction of sp³-hybridized carbons (Fsp3) is 0.200. The monoisotopic (exact) mass is 190 g/mol. The van der Waals surface area contributed by atoms with Crippen LogP contribution in [0.1, 0.15) is 0 Å². The van der Waals surface area contributed by atoms with E-state index in [1.807, 2.05) is 0 Å². The summed E-state index contributed by atoms with van der Waals surface area (Å²) in [5.74, 6) is 0. The fourth-order valence-corrected chi connectivity index (χ4v) is 0.371. The van der Waals surface area contributed by atoms with Gasteiger partial charge in [0, 0.05) is 12.4 Å². The Morgan fingerprint density at radius 3 is 2.89 bits per heavy atom. The molecule has 0 atom stereocenters. The van der Waals surface area contributed by atoms with Crippen LogP contribution < -0.4 is 5.73 Å². The molecule has 0 rings (SSSR count). The maximum Gasteiger partial charge on any atom is 0.141 e. The maximum absolute atomic E-state index is 9.69. The molecule has 2 N–H and O–H groups in total. The van der Waals surface area contributed by atoms with Crippen LogP contribution in [0.2, 0.25) is 0 Å². The third-order valence-electron chi connectivity index (χ3n) is 0.554. The second-order valence-electron chi connectivity index (χ2n) is 1.21. The molecule has 0 saturated carbocycles. The summed E-state index contributed by atoms with van der Waals surface area (Å²) >= 11 is 3.08. The van der Waals surface area contributed by atoms with Gasteiger partial charge in [0.05, 0.1) is 11.0 Å². The van der Waals surface area contributed by atoms with Gasteiger partial charge in [-0.25, -0.2) is 0 Å². The first kappa shape index (κ1) is 8.36. The summed E-state index contributed by atoms with van der Waals surface area (Å²) in [6.45, 7) is 0.183. The highest BCUT2D eigenvalue weighted by Gasteiger charge is 1.78. The van der Waals surface area contributed by atoms with E-state index in [0.717, 1.165) is 0 Å².